The Morgan fingerprint density at radius 2 is 1.82 bits per heavy atom. The SMILES string of the molecule is COc1nccc(NC2CCC(C(=O)N3CCN(C(C)=O)CC3)CC2)c1C#N. The number of pyridine rings is 1. The molecule has 2 fully saturated rings. The summed E-state index contributed by atoms with van der Waals surface area (Å²) >= 11 is 0. The molecule has 150 valence electrons. The van der Waals surface area contributed by atoms with Crippen LogP contribution in [0.4, 0.5) is 5.69 Å². The lowest BCUT2D eigenvalue weighted by atomic mass is 9.85. The van der Waals surface area contributed by atoms with Gasteiger partial charge < -0.3 is 19.9 Å². The fourth-order valence-electron chi connectivity index (χ4n) is 4.03. The molecule has 8 heteroatoms. The monoisotopic (exact) mass is 385 g/mol. The number of rotatable bonds is 4. The molecule has 0 unspecified atom stereocenters. The summed E-state index contributed by atoms with van der Waals surface area (Å²) in [5.74, 6) is 0.651. The number of nitrogens with zero attached hydrogens (tertiary/aromatic N) is 4. The van der Waals surface area contributed by atoms with Gasteiger partial charge in [-0.1, -0.05) is 0 Å². The standard InChI is InChI=1S/C20H27N5O3/c1-14(26)24-9-11-25(12-10-24)20(27)15-3-5-16(6-4-15)23-18-7-8-22-19(28-2)17(18)13-21/h7-8,15-16H,3-6,9-12H2,1-2H3,(H,22,23). The van der Waals surface area contributed by atoms with Crippen molar-refractivity contribution in [2.75, 3.05) is 38.6 Å². The average Bonchev–Trinajstić information content (AvgIpc) is 2.73. The van der Waals surface area contributed by atoms with Crippen LogP contribution in [0.1, 0.15) is 38.2 Å². The van der Waals surface area contributed by atoms with Crippen LogP contribution in [-0.2, 0) is 9.59 Å². The van der Waals surface area contributed by atoms with Crippen molar-refractivity contribution < 1.29 is 14.3 Å². The Morgan fingerprint density at radius 1 is 1.18 bits per heavy atom. The van der Waals surface area contributed by atoms with Crippen LogP contribution in [0.15, 0.2) is 12.3 Å². The number of nitrogens with one attached hydrogen (secondary N) is 1. The molecule has 0 bridgehead atoms. The Balaban J connectivity index is 1.52. The van der Waals surface area contributed by atoms with E-state index in [1.165, 1.54) is 7.11 Å². The molecule has 1 aliphatic carbocycles. The predicted molar refractivity (Wildman–Crippen MR) is 104 cm³/mol. The maximum absolute atomic E-state index is 12.8. The molecule has 3 rings (SSSR count). The van der Waals surface area contributed by atoms with Crippen LogP contribution >= 0.6 is 0 Å². The first-order chi connectivity index (χ1) is 13.5. The summed E-state index contributed by atoms with van der Waals surface area (Å²) in [4.78, 5) is 32.0. The number of carbonyl (C=O) groups excluding carboxylic acids is 2. The van der Waals surface area contributed by atoms with Crippen molar-refractivity contribution in [2.24, 2.45) is 5.92 Å². The van der Waals surface area contributed by atoms with E-state index in [9.17, 15) is 14.9 Å². The van der Waals surface area contributed by atoms with Gasteiger partial charge in [0.1, 0.15) is 11.6 Å². The van der Waals surface area contributed by atoms with Crippen molar-refractivity contribution in [3.63, 3.8) is 0 Å². The number of amides is 2. The van der Waals surface area contributed by atoms with Gasteiger partial charge in [0, 0.05) is 51.3 Å². The maximum atomic E-state index is 12.8. The van der Waals surface area contributed by atoms with Crippen LogP contribution in [0.2, 0.25) is 0 Å². The second kappa shape index (κ2) is 8.91. The molecule has 2 amide bonds. The molecule has 1 N–H and O–H groups in total. The molecule has 8 nitrogen and oxygen atoms in total. The number of ether oxygens (including phenoxy) is 1. The molecule has 0 spiro atoms. The average molecular weight is 385 g/mol. The summed E-state index contributed by atoms with van der Waals surface area (Å²) in [7, 11) is 1.50. The van der Waals surface area contributed by atoms with Crippen LogP contribution in [0.25, 0.3) is 0 Å². The first kappa shape index (κ1) is 19.9. The third kappa shape index (κ3) is 4.35. The van der Waals surface area contributed by atoms with Gasteiger partial charge in [0.05, 0.1) is 12.8 Å². The topological polar surface area (TPSA) is 98.6 Å². The zero-order chi connectivity index (χ0) is 20.1. The molecule has 1 saturated carbocycles. The fourth-order valence-corrected chi connectivity index (χ4v) is 4.03. The highest BCUT2D eigenvalue weighted by Gasteiger charge is 2.31. The quantitative estimate of drug-likeness (QED) is 0.846. The normalized spacial score (nSPS) is 22.3. The first-order valence-electron chi connectivity index (χ1n) is 9.77. The van der Waals surface area contributed by atoms with Crippen LogP contribution in [-0.4, -0.2) is 65.9 Å². The Labute approximate surface area is 165 Å². The number of methoxy groups -OCH3 is 1. The zero-order valence-corrected chi connectivity index (χ0v) is 16.5. The number of aromatic nitrogens is 1. The summed E-state index contributed by atoms with van der Waals surface area (Å²) in [6.45, 7) is 4.07. The van der Waals surface area contributed by atoms with Crippen molar-refractivity contribution >= 4 is 17.5 Å². The summed E-state index contributed by atoms with van der Waals surface area (Å²) in [5.41, 5.74) is 1.14. The minimum Gasteiger partial charge on any atom is -0.480 e. The van der Waals surface area contributed by atoms with Crippen LogP contribution in [0.5, 0.6) is 5.88 Å². The summed E-state index contributed by atoms with van der Waals surface area (Å²) in [5, 5.41) is 12.8. The third-order valence-corrected chi connectivity index (χ3v) is 5.69. The lowest BCUT2D eigenvalue weighted by Gasteiger charge is -2.37. The van der Waals surface area contributed by atoms with Gasteiger partial charge in [-0.3, -0.25) is 9.59 Å². The molecule has 2 aliphatic rings. The predicted octanol–water partition coefficient (Wildman–Crippen LogP) is 1.62. The van der Waals surface area contributed by atoms with E-state index in [1.807, 2.05) is 4.90 Å². The minimum atomic E-state index is 0.0457. The van der Waals surface area contributed by atoms with E-state index >= 15 is 0 Å². The van der Waals surface area contributed by atoms with Crippen LogP contribution in [0, 0.1) is 17.2 Å². The number of hydrogen-bond acceptors (Lipinski definition) is 6. The highest BCUT2D eigenvalue weighted by molar-refractivity contribution is 5.79. The summed E-state index contributed by atoms with van der Waals surface area (Å²) in [6.07, 6.45) is 5.03. The number of piperazine rings is 1. The van der Waals surface area contributed by atoms with Gasteiger partial charge in [-0.25, -0.2) is 4.98 Å². The molecule has 1 saturated heterocycles. The molecule has 0 atom stereocenters. The van der Waals surface area contributed by atoms with Gasteiger partial charge in [-0.15, -0.1) is 0 Å². The van der Waals surface area contributed by atoms with E-state index in [4.69, 9.17) is 4.74 Å². The molecular weight excluding hydrogens is 358 g/mol. The summed E-state index contributed by atoms with van der Waals surface area (Å²) < 4.78 is 5.16. The van der Waals surface area contributed by atoms with Crippen LogP contribution < -0.4 is 10.1 Å². The van der Waals surface area contributed by atoms with E-state index < -0.39 is 0 Å². The second-order valence-corrected chi connectivity index (χ2v) is 7.38. The van der Waals surface area contributed by atoms with Gasteiger partial charge in [0.25, 0.3) is 0 Å². The molecule has 2 heterocycles. The number of anilines is 1. The fraction of sp³-hybridized carbons (Fsp3) is 0.600. The minimum absolute atomic E-state index is 0.0457. The maximum Gasteiger partial charge on any atom is 0.233 e. The van der Waals surface area contributed by atoms with Gasteiger partial charge in [-0.2, -0.15) is 5.26 Å². The van der Waals surface area contributed by atoms with E-state index in [1.54, 1.807) is 24.1 Å². The lowest BCUT2D eigenvalue weighted by Crippen LogP contribution is -2.52. The number of carbonyl (C=O) groups is 2. The first-order valence-corrected chi connectivity index (χ1v) is 9.77. The Morgan fingerprint density at radius 3 is 2.39 bits per heavy atom. The Hall–Kier alpha value is -2.82. The third-order valence-electron chi connectivity index (χ3n) is 5.69. The van der Waals surface area contributed by atoms with Gasteiger partial charge in [0.2, 0.25) is 17.7 Å². The molecule has 0 aromatic carbocycles. The molecule has 0 radical (unpaired) electrons. The zero-order valence-electron chi connectivity index (χ0n) is 16.5. The molecular formula is C20H27N5O3. The van der Waals surface area contributed by atoms with E-state index in [2.05, 4.69) is 16.4 Å². The van der Waals surface area contributed by atoms with Crippen molar-refractivity contribution in [3.05, 3.63) is 17.8 Å². The van der Waals surface area contributed by atoms with Crippen molar-refractivity contribution in [1.29, 1.82) is 5.26 Å². The van der Waals surface area contributed by atoms with E-state index in [0.717, 1.165) is 31.4 Å². The molecule has 1 aromatic rings. The van der Waals surface area contributed by atoms with Crippen molar-refractivity contribution in [1.82, 2.24) is 14.8 Å². The smallest absolute Gasteiger partial charge is 0.233 e. The Kier molecular flexibility index (Phi) is 6.34. The molecule has 28 heavy (non-hydrogen) atoms. The summed E-state index contributed by atoms with van der Waals surface area (Å²) in [6, 6.07) is 4.15. The van der Waals surface area contributed by atoms with Crippen molar-refractivity contribution in [2.45, 2.75) is 38.6 Å². The lowest BCUT2D eigenvalue weighted by molar-refractivity contribution is -0.142. The van der Waals surface area contributed by atoms with Gasteiger partial charge in [-0.05, 0) is 31.7 Å². The second-order valence-electron chi connectivity index (χ2n) is 7.38. The Bertz CT molecular complexity index is 760. The highest BCUT2D eigenvalue weighted by Crippen LogP contribution is 2.30. The van der Waals surface area contributed by atoms with Gasteiger partial charge >= 0.3 is 0 Å². The van der Waals surface area contributed by atoms with Crippen LogP contribution in [0.3, 0.4) is 0 Å². The highest BCUT2D eigenvalue weighted by atomic mass is 16.5. The largest absolute Gasteiger partial charge is 0.480 e. The number of hydrogen-bond donors (Lipinski definition) is 1. The molecule has 1 aromatic heterocycles. The van der Waals surface area contributed by atoms with Crippen molar-refractivity contribution in [3.8, 4) is 11.9 Å². The van der Waals surface area contributed by atoms with Gasteiger partial charge in [0.15, 0.2) is 0 Å². The van der Waals surface area contributed by atoms with E-state index in [0.29, 0.717) is 37.6 Å². The molecule has 1 aliphatic heterocycles. The van der Waals surface area contributed by atoms with E-state index in [-0.39, 0.29) is 23.8 Å². The number of nitriles is 1.